The van der Waals surface area contributed by atoms with Gasteiger partial charge in [-0.15, -0.1) is 0 Å². The van der Waals surface area contributed by atoms with Gasteiger partial charge in [0, 0.05) is 0 Å². The largest absolute Gasteiger partial charge is 0.453 e. The van der Waals surface area contributed by atoms with Gasteiger partial charge in [-0.05, 0) is 60.7 Å². The molecule has 0 unspecified atom stereocenters. The van der Waals surface area contributed by atoms with Crippen LogP contribution in [0.5, 0.6) is 0 Å². The zero-order chi connectivity index (χ0) is 11.8. The van der Waals surface area contributed by atoms with Crippen molar-refractivity contribution in [2.24, 2.45) is 0 Å². The Bertz CT molecular complexity index is 284. The zero-order valence-electron chi connectivity index (χ0n) is 10.1. The molecule has 16 heavy (non-hydrogen) atoms. The summed E-state index contributed by atoms with van der Waals surface area (Å²) in [5, 5.41) is 3.38. The fourth-order valence-corrected chi connectivity index (χ4v) is 1.97. The highest BCUT2D eigenvalue weighted by molar-refractivity contribution is 9.10. The minimum absolute atomic E-state index is 0.799. The highest BCUT2D eigenvalue weighted by atomic mass is 79.9. The van der Waals surface area contributed by atoms with Crippen molar-refractivity contribution in [3.63, 3.8) is 0 Å². The number of furan rings is 1. The predicted molar refractivity (Wildman–Crippen MR) is 70.5 cm³/mol. The van der Waals surface area contributed by atoms with Gasteiger partial charge in [0.2, 0.25) is 0 Å². The Hall–Kier alpha value is -0.320. The van der Waals surface area contributed by atoms with E-state index < -0.39 is 0 Å². The second-order valence-electron chi connectivity index (χ2n) is 3.76. The Labute approximate surface area is 106 Å². The van der Waals surface area contributed by atoms with Gasteiger partial charge in [0.15, 0.2) is 4.67 Å². The summed E-state index contributed by atoms with van der Waals surface area (Å²) in [6, 6.07) is 3.91. The Morgan fingerprint density at radius 2 is 2.06 bits per heavy atom. The first-order valence-electron chi connectivity index (χ1n) is 5.93. The van der Waals surface area contributed by atoms with Crippen LogP contribution in [-0.4, -0.2) is 31.1 Å². The second-order valence-corrected chi connectivity index (χ2v) is 4.54. The van der Waals surface area contributed by atoms with Crippen molar-refractivity contribution >= 4 is 15.9 Å². The van der Waals surface area contributed by atoms with E-state index in [9.17, 15) is 0 Å². The normalized spacial score (nSPS) is 11.2. The minimum atomic E-state index is 0.799. The van der Waals surface area contributed by atoms with E-state index in [1.165, 1.54) is 13.0 Å². The van der Waals surface area contributed by atoms with Gasteiger partial charge in [-0.2, -0.15) is 0 Å². The molecule has 4 heteroatoms. The van der Waals surface area contributed by atoms with Crippen LogP contribution in [0.1, 0.15) is 26.0 Å². The molecule has 0 aliphatic heterocycles. The molecule has 1 heterocycles. The standard InChI is InChI=1S/C12H21BrN2O/c1-3-15(4-2)9-5-8-14-10-11-6-7-12(13)16-11/h6-7,14H,3-5,8-10H2,1-2H3. The number of hydrogen-bond donors (Lipinski definition) is 1. The SMILES string of the molecule is CCN(CC)CCCNCc1ccc(Br)o1. The number of nitrogens with one attached hydrogen (secondary N) is 1. The third-order valence-corrected chi connectivity index (χ3v) is 3.08. The molecule has 3 nitrogen and oxygen atoms in total. The summed E-state index contributed by atoms with van der Waals surface area (Å²) in [5.74, 6) is 0.981. The van der Waals surface area contributed by atoms with E-state index in [1.54, 1.807) is 0 Å². The number of nitrogens with zero attached hydrogens (tertiary/aromatic N) is 1. The molecule has 0 aromatic carbocycles. The van der Waals surface area contributed by atoms with E-state index in [4.69, 9.17) is 4.42 Å². The molecule has 1 aromatic heterocycles. The number of rotatable bonds is 8. The molecular formula is C12H21BrN2O. The summed E-state index contributed by atoms with van der Waals surface area (Å²) in [5.41, 5.74) is 0. The zero-order valence-corrected chi connectivity index (χ0v) is 11.7. The lowest BCUT2D eigenvalue weighted by Gasteiger charge is -2.17. The monoisotopic (exact) mass is 288 g/mol. The maximum absolute atomic E-state index is 5.40. The van der Waals surface area contributed by atoms with E-state index in [-0.39, 0.29) is 0 Å². The number of hydrogen-bond acceptors (Lipinski definition) is 3. The average molecular weight is 289 g/mol. The molecule has 1 rings (SSSR count). The third kappa shape index (κ3) is 5.14. The van der Waals surface area contributed by atoms with Crippen LogP contribution >= 0.6 is 15.9 Å². The lowest BCUT2D eigenvalue weighted by Crippen LogP contribution is -2.27. The van der Waals surface area contributed by atoms with Crippen LogP contribution in [0.25, 0.3) is 0 Å². The minimum Gasteiger partial charge on any atom is -0.453 e. The lowest BCUT2D eigenvalue weighted by molar-refractivity contribution is 0.297. The van der Waals surface area contributed by atoms with Gasteiger partial charge in [0.25, 0.3) is 0 Å². The van der Waals surface area contributed by atoms with Gasteiger partial charge in [0.05, 0.1) is 6.54 Å². The topological polar surface area (TPSA) is 28.4 Å². The highest BCUT2D eigenvalue weighted by Gasteiger charge is 2.00. The smallest absolute Gasteiger partial charge is 0.169 e. The average Bonchev–Trinajstić information content (AvgIpc) is 2.70. The second kappa shape index (κ2) is 7.87. The van der Waals surface area contributed by atoms with Crippen molar-refractivity contribution in [3.8, 4) is 0 Å². The molecule has 0 radical (unpaired) electrons. The summed E-state index contributed by atoms with van der Waals surface area (Å²) in [6.07, 6.45) is 1.18. The summed E-state index contributed by atoms with van der Waals surface area (Å²) in [4.78, 5) is 2.44. The van der Waals surface area contributed by atoms with Gasteiger partial charge in [-0.3, -0.25) is 0 Å². The van der Waals surface area contributed by atoms with Crippen LogP contribution in [0.3, 0.4) is 0 Å². The molecule has 0 fully saturated rings. The Morgan fingerprint density at radius 3 is 2.62 bits per heavy atom. The van der Waals surface area contributed by atoms with Crippen LogP contribution in [0.2, 0.25) is 0 Å². The first kappa shape index (κ1) is 13.7. The third-order valence-electron chi connectivity index (χ3n) is 2.65. The lowest BCUT2D eigenvalue weighted by atomic mass is 10.3. The highest BCUT2D eigenvalue weighted by Crippen LogP contribution is 2.13. The first-order valence-corrected chi connectivity index (χ1v) is 6.72. The van der Waals surface area contributed by atoms with Crippen molar-refractivity contribution in [1.82, 2.24) is 10.2 Å². The molecule has 0 saturated heterocycles. The first-order chi connectivity index (χ1) is 7.76. The molecule has 92 valence electrons. The van der Waals surface area contributed by atoms with E-state index in [1.807, 2.05) is 12.1 Å². The maximum atomic E-state index is 5.40. The van der Waals surface area contributed by atoms with Crippen molar-refractivity contribution in [3.05, 3.63) is 22.6 Å². The van der Waals surface area contributed by atoms with E-state index in [2.05, 4.69) is 40.0 Å². The summed E-state index contributed by atoms with van der Waals surface area (Å²) < 4.78 is 6.20. The van der Waals surface area contributed by atoms with Gasteiger partial charge >= 0.3 is 0 Å². The summed E-state index contributed by atoms with van der Waals surface area (Å²) in [6.45, 7) is 9.71. The van der Waals surface area contributed by atoms with Crippen LogP contribution in [0.15, 0.2) is 21.2 Å². The van der Waals surface area contributed by atoms with Crippen molar-refractivity contribution in [2.75, 3.05) is 26.2 Å². The fraction of sp³-hybridized carbons (Fsp3) is 0.667. The summed E-state index contributed by atoms with van der Waals surface area (Å²) >= 11 is 3.29. The van der Waals surface area contributed by atoms with Crippen LogP contribution in [-0.2, 0) is 6.54 Å². The van der Waals surface area contributed by atoms with Gasteiger partial charge in [-0.1, -0.05) is 13.8 Å². The fourth-order valence-electron chi connectivity index (χ4n) is 1.63. The Kier molecular flexibility index (Phi) is 6.76. The molecule has 0 aliphatic carbocycles. The molecule has 0 aliphatic rings. The van der Waals surface area contributed by atoms with Crippen LogP contribution < -0.4 is 5.32 Å². The summed E-state index contributed by atoms with van der Waals surface area (Å²) in [7, 11) is 0. The molecule has 0 saturated carbocycles. The van der Waals surface area contributed by atoms with E-state index in [0.29, 0.717) is 0 Å². The van der Waals surface area contributed by atoms with Crippen LogP contribution in [0.4, 0.5) is 0 Å². The molecule has 0 bridgehead atoms. The maximum Gasteiger partial charge on any atom is 0.169 e. The molecule has 1 N–H and O–H groups in total. The van der Waals surface area contributed by atoms with Crippen molar-refractivity contribution in [2.45, 2.75) is 26.8 Å². The Morgan fingerprint density at radius 1 is 1.31 bits per heavy atom. The van der Waals surface area contributed by atoms with Gasteiger partial charge in [-0.25, -0.2) is 0 Å². The van der Waals surface area contributed by atoms with Crippen molar-refractivity contribution < 1.29 is 4.42 Å². The number of halogens is 1. The van der Waals surface area contributed by atoms with E-state index >= 15 is 0 Å². The molecular weight excluding hydrogens is 268 g/mol. The van der Waals surface area contributed by atoms with Crippen LogP contribution in [0, 0.1) is 0 Å². The molecule has 0 spiro atoms. The molecule has 0 atom stereocenters. The molecule has 1 aromatic rings. The Balaban J connectivity index is 2.04. The quantitative estimate of drug-likeness (QED) is 0.746. The van der Waals surface area contributed by atoms with E-state index in [0.717, 1.165) is 36.6 Å². The predicted octanol–water partition coefficient (Wildman–Crippen LogP) is 2.86. The van der Waals surface area contributed by atoms with Gasteiger partial charge < -0.3 is 14.6 Å². The van der Waals surface area contributed by atoms with Gasteiger partial charge in [0.1, 0.15) is 5.76 Å². The molecule has 0 amide bonds. The van der Waals surface area contributed by atoms with Crippen molar-refractivity contribution in [1.29, 1.82) is 0 Å².